The maximum absolute atomic E-state index is 5.95. The van der Waals surface area contributed by atoms with Gasteiger partial charge in [0.05, 0.1) is 0 Å². The maximum Gasteiger partial charge on any atom is 0.230 e. The summed E-state index contributed by atoms with van der Waals surface area (Å²) in [5, 5.41) is 3.51. The van der Waals surface area contributed by atoms with E-state index in [1.165, 1.54) is 0 Å². The van der Waals surface area contributed by atoms with Gasteiger partial charge in [-0.2, -0.15) is 0 Å². The van der Waals surface area contributed by atoms with Crippen LogP contribution in [0.4, 0.5) is 0 Å². The average Bonchev–Trinajstić information content (AvgIpc) is 2.31. The van der Waals surface area contributed by atoms with Crippen molar-refractivity contribution in [2.75, 3.05) is 32.7 Å². The summed E-state index contributed by atoms with van der Waals surface area (Å²) < 4.78 is 5.95. The molecule has 0 aliphatic rings. The molecule has 0 unspecified atom stereocenters. The van der Waals surface area contributed by atoms with Gasteiger partial charge in [-0.1, -0.05) is 34.6 Å². The molecule has 5 heteroatoms. The van der Waals surface area contributed by atoms with Crippen LogP contribution in [0.3, 0.4) is 0 Å². The molecule has 98 valence electrons. The lowest BCUT2D eigenvalue weighted by atomic mass is 10.3. The molecule has 0 aliphatic carbocycles. The Labute approximate surface area is 104 Å². The van der Waals surface area contributed by atoms with E-state index in [1.807, 2.05) is 0 Å². The lowest BCUT2D eigenvalue weighted by molar-refractivity contribution is -0.212. The van der Waals surface area contributed by atoms with Crippen LogP contribution in [0.1, 0.15) is 34.6 Å². The van der Waals surface area contributed by atoms with Gasteiger partial charge in [-0.3, -0.25) is 15.1 Å². The van der Waals surface area contributed by atoms with Crippen molar-refractivity contribution in [3.63, 3.8) is 0 Å². The van der Waals surface area contributed by atoms with Crippen molar-refractivity contribution in [1.82, 2.24) is 15.1 Å². The van der Waals surface area contributed by atoms with E-state index in [4.69, 9.17) is 4.43 Å². The summed E-state index contributed by atoms with van der Waals surface area (Å²) in [6, 6.07) is 0. The Balaban J connectivity index is 5.08. The van der Waals surface area contributed by atoms with Crippen molar-refractivity contribution in [1.29, 1.82) is 0 Å². The van der Waals surface area contributed by atoms with E-state index in [0.717, 1.165) is 43.2 Å². The maximum atomic E-state index is 5.95. The van der Waals surface area contributed by atoms with Crippen LogP contribution in [0.25, 0.3) is 0 Å². The van der Waals surface area contributed by atoms with Crippen LogP contribution < -0.4 is 5.32 Å². The lowest BCUT2D eigenvalue weighted by Gasteiger charge is -2.49. The van der Waals surface area contributed by atoms with Crippen LogP contribution in [-0.4, -0.2) is 59.0 Å². The van der Waals surface area contributed by atoms with Crippen molar-refractivity contribution in [2.24, 2.45) is 0 Å². The van der Waals surface area contributed by atoms with Crippen molar-refractivity contribution >= 4 is 10.5 Å². The minimum atomic E-state index is -0.395. The molecule has 1 N–H and O–H groups in total. The Morgan fingerprint density at radius 2 is 1.31 bits per heavy atom. The van der Waals surface area contributed by atoms with E-state index in [0.29, 0.717) is 0 Å². The highest BCUT2D eigenvalue weighted by molar-refractivity contribution is 5.98. The molecule has 0 heterocycles. The van der Waals surface area contributed by atoms with Crippen LogP contribution in [0, 0.1) is 0 Å². The van der Waals surface area contributed by atoms with Crippen molar-refractivity contribution in [3.8, 4) is 0 Å². The number of nitrogens with zero attached hydrogens (tertiary/aromatic N) is 2. The van der Waals surface area contributed by atoms with E-state index >= 15 is 0 Å². The van der Waals surface area contributed by atoms with E-state index in [1.54, 1.807) is 0 Å². The molecule has 0 rings (SSSR count). The zero-order chi connectivity index (χ0) is 12.6. The number of hydrogen-bond donors (Lipinski definition) is 1. The number of hydrogen-bond acceptors (Lipinski definition) is 4. The van der Waals surface area contributed by atoms with Gasteiger partial charge in [0.25, 0.3) is 0 Å². The molecule has 4 nitrogen and oxygen atoms in total. The SMILES string of the molecule is CCNC(O[SiH3])(N(CC)CC)N(CC)CC. The first-order valence-electron chi connectivity index (χ1n) is 6.46. The Morgan fingerprint density at radius 3 is 1.50 bits per heavy atom. The second kappa shape index (κ2) is 8.19. The van der Waals surface area contributed by atoms with Gasteiger partial charge in [0.15, 0.2) is 10.5 Å². The van der Waals surface area contributed by atoms with Crippen molar-refractivity contribution in [2.45, 2.75) is 40.6 Å². The molecule has 0 aromatic heterocycles. The lowest BCUT2D eigenvalue weighted by Crippen LogP contribution is -2.70. The second-order valence-corrected chi connectivity index (χ2v) is 4.10. The average molecular weight is 247 g/mol. The van der Waals surface area contributed by atoms with Crippen LogP contribution in [0.5, 0.6) is 0 Å². The molecule has 16 heavy (non-hydrogen) atoms. The van der Waals surface area contributed by atoms with Crippen molar-refractivity contribution < 1.29 is 4.43 Å². The van der Waals surface area contributed by atoms with Crippen LogP contribution in [0.2, 0.25) is 0 Å². The highest BCUT2D eigenvalue weighted by Gasteiger charge is 2.38. The Kier molecular flexibility index (Phi) is 8.22. The molecule has 0 aliphatic heterocycles. The minimum Gasteiger partial charge on any atom is -0.387 e. The first-order chi connectivity index (χ1) is 7.66. The zero-order valence-corrected chi connectivity index (χ0v) is 13.8. The molecule has 0 saturated heterocycles. The summed E-state index contributed by atoms with van der Waals surface area (Å²) in [6.07, 6.45) is 0. The fourth-order valence-electron chi connectivity index (χ4n) is 2.29. The molecule has 0 spiro atoms. The van der Waals surface area contributed by atoms with E-state index in [9.17, 15) is 0 Å². The first kappa shape index (κ1) is 16.1. The Bertz CT molecular complexity index is 161. The Hall–Kier alpha value is 0.0569. The molecule has 0 amide bonds. The summed E-state index contributed by atoms with van der Waals surface area (Å²) in [5.74, 6) is -0.395. The third kappa shape index (κ3) is 3.27. The molecule has 0 fully saturated rings. The third-order valence-corrected chi connectivity index (χ3v) is 3.65. The van der Waals surface area contributed by atoms with Gasteiger partial charge in [-0.15, -0.1) is 0 Å². The summed E-state index contributed by atoms with van der Waals surface area (Å²) in [7, 11) is 0.728. The molecular weight excluding hydrogens is 218 g/mol. The predicted molar refractivity (Wildman–Crippen MR) is 73.3 cm³/mol. The fourth-order valence-corrected chi connectivity index (χ4v) is 2.95. The van der Waals surface area contributed by atoms with Gasteiger partial charge in [0.2, 0.25) is 5.97 Å². The van der Waals surface area contributed by atoms with Gasteiger partial charge in [0.1, 0.15) is 0 Å². The van der Waals surface area contributed by atoms with E-state index in [2.05, 4.69) is 49.7 Å². The summed E-state index contributed by atoms with van der Waals surface area (Å²) in [6.45, 7) is 15.7. The standard InChI is InChI=1S/C11H29N3OSi/c1-6-12-11(15-16,13(7-2)8-3)14(9-4)10-5/h12H,6-10H2,1-5,16H3. The fraction of sp³-hybridized carbons (Fsp3) is 1.00. The molecule has 0 aromatic carbocycles. The first-order valence-corrected chi connectivity index (χ1v) is 7.28. The quantitative estimate of drug-likeness (QED) is 0.465. The van der Waals surface area contributed by atoms with E-state index < -0.39 is 5.97 Å². The minimum absolute atomic E-state index is 0.395. The van der Waals surface area contributed by atoms with Gasteiger partial charge >= 0.3 is 0 Å². The Morgan fingerprint density at radius 1 is 0.938 bits per heavy atom. The molecule has 0 saturated carbocycles. The van der Waals surface area contributed by atoms with Crippen molar-refractivity contribution in [3.05, 3.63) is 0 Å². The molecule has 0 aromatic rings. The number of nitrogens with one attached hydrogen (secondary N) is 1. The summed E-state index contributed by atoms with van der Waals surface area (Å²) in [5.41, 5.74) is 0. The normalized spacial score (nSPS) is 12.9. The highest BCUT2D eigenvalue weighted by atomic mass is 28.2. The number of rotatable bonds is 9. The molecule has 0 bridgehead atoms. The van der Waals surface area contributed by atoms with Crippen LogP contribution >= 0.6 is 0 Å². The van der Waals surface area contributed by atoms with Gasteiger partial charge in [-0.25, -0.2) is 0 Å². The molecule has 0 radical (unpaired) electrons. The van der Waals surface area contributed by atoms with Gasteiger partial charge in [0, 0.05) is 26.2 Å². The van der Waals surface area contributed by atoms with Gasteiger partial charge in [-0.05, 0) is 6.54 Å². The molecule has 0 atom stereocenters. The summed E-state index contributed by atoms with van der Waals surface area (Å²) in [4.78, 5) is 4.69. The summed E-state index contributed by atoms with van der Waals surface area (Å²) >= 11 is 0. The monoisotopic (exact) mass is 247 g/mol. The largest absolute Gasteiger partial charge is 0.387 e. The smallest absolute Gasteiger partial charge is 0.230 e. The van der Waals surface area contributed by atoms with Crippen LogP contribution in [-0.2, 0) is 4.43 Å². The zero-order valence-electron chi connectivity index (χ0n) is 11.8. The van der Waals surface area contributed by atoms with Gasteiger partial charge < -0.3 is 4.43 Å². The van der Waals surface area contributed by atoms with E-state index in [-0.39, 0.29) is 0 Å². The second-order valence-electron chi connectivity index (χ2n) is 3.69. The third-order valence-electron chi connectivity index (χ3n) is 3.08. The molecular formula is C11H29N3OSi. The van der Waals surface area contributed by atoms with Crippen LogP contribution in [0.15, 0.2) is 0 Å². The topological polar surface area (TPSA) is 27.7 Å². The predicted octanol–water partition coefficient (Wildman–Crippen LogP) is 0.188. The highest BCUT2D eigenvalue weighted by Crippen LogP contribution is 2.18.